The van der Waals surface area contributed by atoms with Crippen LogP contribution in [0.4, 0.5) is 0 Å². The molecule has 0 radical (unpaired) electrons. The molecule has 2 heterocycles. The van der Waals surface area contributed by atoms with Crippen LogP contribution in [0.15, 0.2) is 42.6 Å². The maximum Gasteiger partial charge on any atom is 0.253 e. The lowest BCUT2D eigenvalue weighted by atomic mass is 10.1. The predicted octanol–water partition coefficient (Wildman–Crippen LogP) is 3.95. The van der Waals surface area contributed by atoms with E-state index in [0.29, 0.717) is 11.4 Å². The zero-order chi connectivity index (χ0) is 18.3. The molecular formula is C20H19ClN4O. The number of nitrogens with one attached hydrogen (secondary N) is 1. The lowest BCUT2D eigenvalue weighted by Gasteiger charge is -2.14. The molecule has 0 bridgehead atoms. The molecule has 0 spiro atoms. The number of nitrogens with zero attached hydrogens (tertiary/aromatic N) is 3. The molecule has 6 heteroatoms. The highest BCUT2D eigenvalue weighted by molar-refractivity contribution is 6.30. The van der Waals surface area contributed by atoms with Gasteiger partial charge in [-0.25, -0.2) is 9.67 Å². The molecule has 1 N–H and O–H groups in total. The summed E-state index contributed by atoms with van der Waals surface area (Å²) < 4.78 is 1.77. The quantitative estimate of drug-likeness (QED) is 0.763. The van der Waals surface area contributed by atoms with Gasteiger partial charge in [0.25, 0.3) is 5.91 Å². The SMILES string of the molecule is Cc1cc(C)n(-c2ccc(C(=O)NC3CCc4cc(Cl)ccc43)cn2)n1. The number of halogens is 1. The molecule has 0 saturated carbocycles. The van der Waals surface area contributed by atoms with Gasteiger partial charge in [-0.3, -0.25) is 4.79 Å². The molecule has 5 nitrogen and oxygen atoms in total. The molecule has 1 unspecified atom stereocenters. The number of aromatic nitrogens is 3. The van der Waals surface area contributed by atoms with E-state index in [1.54, 1.807) is 16.9 Å². The van der Waals surface area contributed by atoms with Crippen LogP contribution in [0, 0.1) is 13.8 Å². The molecule has 1 aliphatic rings. The number of pyridine rings is 1. The molecule has 0 aliphatic heterocycles. The Kier molecular flexibility index (Phi) is 4.24. The first kappa shape index (κ1) is 16.8. The van der Waals surface area contributed by atoms with Crippen LogP contribution in [0.3, 0.4) is 0 Å². The number of amides is 1. The van der Waals surface area contributed by atoms with Gasteiger partial charge in [-0.15, -0.1) is 0 Å². The van der Waals surface area contributed by atoms with Crippen LogP contribution in [0.1, 0.15) is 45.3 Å². The third kappa shape index (κ3) is 3.10. The average molecular weight is 367 g/mol. The summed E-state index contributed by atoms with van der Waals surface area (Å²) >= 11 is 6.05. The Morgan fingerprint density at radius 3 is 2.77 bits per heavy atom. The van der Waals surface area contributed by atoms with Crippen LogP contribution in [0.2, 0.25) is 5.02 Å². The Morgan fingerprint density at radius 1 is 1.23 bits per heavy atom. The highest BCUT2D eigenvalue weighted by Gasteiger charge is 2.24. The number of carbonyl (C=O) groups excluding carboxylic acids is 1. The highest BCUT2D eigenvalue weighted by atomic mass is 35.5. The molecule has 0 fully saturated rings. The Balaban J connectivity index is 1.50. The molecule has 26 heavy (non-hydrogen) atoms. The summed E-state index contributed by atoms with van der Waals surface area (Å²) in [7, 11) is 0. The van der Waals surface area contributed by atoms with Crippen LogP contribution in [-0.4, -0.2) is 20.7 Å². The monoisotopic (exact) mass is 366 g/mol. The third-order valence-corrected chi connectivity index (χ3v) is 4.96. The first-order valence-electron chi connectivity index (χ1n) is 8.60. The second-order valence-corrected chi connectivity index (χ2v) is 7.09. The van der Waals surface area contributed by atoms with Gasteiger partial charge in [0, 0.05) is 16.9 Å². The summed E-state index contributed by atoms with van der Waals surface area (Å²) in [5.74, 6) is 0.582. The smallest absolute Gasteiger partial charge is 0.253 e. The van der Waals surface area contributed by atoms with Crippen molar-refractivity contribution in [3.63, 3.8) is 0 Å². The molecule has 132 valence electrons. The lowest BCUT2D eigenvalue weighted by Crippen LogP contribution is -2.27. The number of benzene rings is 1. The van der Waals surface area contributed by atoms with Crippen LogP contribution < -0.4 is 5.32 Å². The van der Waals surface area contributed by atoms with Crippen molar-refractivity contribution < 1.29 is 4.79 Å². The van der Waals surface area contributed by atoms with Gasteiger partial charge in [0.05, 0.1) is 17.3 Å². The van der Waals surface area contributed by atoms with E-state index in [1.165, 1.54) is 5.56 Å². The van der Waals surface area contributed by atoms with Crippen LogP contribution in [0.5, 0.6) is 0 Å². The normalized spacial score (nSPS) is 15.7. The Bertz CT molecular complexity index is 978. The Labute approximate surface area is 157 Å². The predicted molar refractivity (Wildman–Crippen MR) is 101 cm³/mol. The van der Waals surface area contributed by atoms with Crippen molar-refractivity contribution in [2.75, 3.05) is 0 Å². The second-order valence-electron chi connectivity index (χ2n) is 6.65. The fourth-order valence-electron chi connectivity index (χ4n) is 3.48. The van der Waals surface area contributed by atoms with E-state index in [1.807, 2.05) is 44.2 Å². The summed E-state index contributed by atoms with van der Waals surface area (Å²) in [5.41, 5.74) is 4.84. The van der Waals surface area contributed by atoms with E-state index in [4.69, 9.17) is 11.6 Å². The van der Waals surface area contributed by atoms with Crippen molar-refractivity contribution in [1.82, 2.24) is 20.1 Å². The van der Waals surface area contributed by atoms with E-state index in [0.717, 1.165) is 34.8 Å². The Hall–Kier alpha value is -2.66. The van der Waals surface area contributed by atoms with Gasteiger partial charge in [-0.05, 0) is 68.1 Å². The van der Waals surface area contributed by atoms with Crippen molar-refractivity contribution in [3.05, 3.63) is 75.7 Å². The van der Waals surface area contributed by atoms with Gasteiger partial charge in [0.2, 0.25) is 0 Å². The zero-order valence-corrected chi connectivity index (χ0v) is 15.4. The van der Waals surface area contributed by atoms with Crippen molar-refractivity contribution in [3.8, 4) is 5.82 Å². The van der Waals surface area contributed by atoms with Gasteiger partial charge >= 0.3 is 0 Å². The van der Waals surface area contributed by atoms with Gasteiger partial charge in [-0.2, -0.15) is 5.10 Å². The van der Waals surface area contributed by atoms with E-state index >= 15 is 0 Å². The fraction of sp³-hybridized carbons (Fsp3) is 0.250. The summed E-state index contributed by atoms with van der Waals surface area (Å²) in [6.07, 6.45) is 3.41. The van der Waals surface area contributed by atoms with Gasteiger partial charge in [-0.1, -0.05) is 17.7 Å². The molecule has 1 amide bonds. The fourth-order valence-corrected chi connectivity index (χ4v) is 3.68. The lowest BCUT2D eigenvalue weighted by molar-refractivity contribution is 0.0936. The Morgan fingerprint density at radius 2 is 2.08 bits per heavy atom. The van der Waals surface area contributed by atoms with Crippen LogP contribution in [-0.2, 0) is 6.42 Å². The molecule has 3 aromatic rings. The summed E-state index contributed by atoms with van der Waals surface area (Å²) in [6, 6.07) is 11.5. The molecule has 2 aromatic heterocycles. The van der Waals surface area contributed by atoms with Gasteiger partial charge in [0.15, 0.2) is 5.82 Å². The minimum Gasteiger partial charge on any atom is -0.345 e. The number of hydrogen-bond acceptors (Lipinski definition) is 3. The zero-order valence-electron chi connectivity index (χ0n) is 14.7. The summed E-state index contributed by atoms with van der Waals surface area (Å²) in [6.45, 7) is 3.92. The minimum atomic E-state index is -0.120. The van der Waals surface area contributed by atoms with Crippen molar-refractivity contribution in [2.24, 2.45) is 0 Å². The van der Waals surface area contributed by atoms with Crippen LogP contribution >= 0.6 is 11.6 Å². The number of hydrogen-bond donors (Lipinski definition) is 1. The molecule has 0 saturated heterocycles. The topological polar surface area (TPSA) is 59.8 Å². The first-order valence-corrected chi connectivity index (χ1v) is 8.98. The first-order chi connectivity index (χ1) is 12.5. The molecule has 1 atom stereocenters. The molecule has 1 aliphatic carbocycles. The van der Waals surface area contributed by atoms with E-state index in [2.05, 4.69) is 15.4 Å². The summed E-state index contributed by atoms with van der Waals surface area (Å²) in [5, 5.41) is 8.25. The highest BCUT2D eigenvalue weighted by Crippen LogP contribution is 2.33. The average Bonchev–Trinajstić information content (AvgIpc) is 3.17. The molecule has 1 aromatic carbocycles. The number of aryl methyl sites for hydroxylation is 3. The van der Waals surface area contributed by atoms with Crippen molar-refractivity contribution in [2.45, 2.75) is 32.7 Å². The van der Waals surface area contributed by atoms with Gasteiger partial charge in [0.1, 0.15) is 0 Å². The molecular weight excluding hydrogens is 348 g/mol. The van der Waals surface area contributed by atoms with E-state index < -0.39 is 0 Å². The molecule has 4 rings (SSSR count). The van der Waals surface area contributed by atoms with E-state index in [-0.39, 0.29) is 11.9 Å². The maximum absolute atomic E-state index is 12.6. The van der Waals surface area contributed by atoms with Gasteiger partial charge < -0.3 is 5.32 Å². The second kappa shape index (κ2) is 6.57. The number of rotatable bonds is 3. The van der Waals surface area contributed by atoms with E-state index in [9.17, 15) is 4.79 Å². The summed E-state index contributed by atoms with van der Waals surface area (Å²) in [4.78, 5) is 17.0. The standard InChI is InChI=1S/C20H19ClN4O/c1-12-9-13(2)25(24-12)19-8-4-15(11-22-19)20(26)23-18-7-3-14-10-16(21)5-6-17(14)18/h4-6,8-11,18H,3,7H2,1-2H3,(H,23,26). The van der Waals surface area contributed by atoms with Crippen molar-refractivity contribution in [1.29, 1.82) is 0 Å². The number of carbonyl (C=O) groups is 1. The number of fused-ring (bicyclic) bond motifs is 1. The minimum absolute atomic E-state index is 0.0189. The largest absolute Gasteiger partial charge is 0.345 e. The third-order valence-electron chi connectivity index (χ3n) is 4.72. The van der Waals surface area contributed by atoms with Crippen molar-refractivity contribution >= 4 is 17.5 Å². The maximum atomic E-state index is 12.6. The van der Waals surface area contributed by atoms with Crippen LogP contribution in [0.25, 0.3) is 5.82 Å².